The van der Waals surface area contributed by atoms with Crippen LogP contribution in [0.15, 0.2) is 48.5 Å². The van der Waals surface area contributed by atoms with E-state index in [1.165, 1.54) is 24.3 Å². The molecule has 0 spiro atoms. The Balaban J connectivity index is 1.76. The number of carboxylic acid groups (broad SMARTS) is 1. The number of aromatic amines is 1. The number of amides is 3. The minimum Gasteiger partial charge on any atom is -0.465 e. The Bertz CT molecular complexity index is 1500. The van der Waals surface area contributed by atoms with Gasteiger partial charge in [-0.1, -0.05) is 35.3 Å². The molecule has 12 heteroatoms. The van der Waals surface area contributed by atoms with Crippen LogP contribution in [0.25, 0.3) is 10.9 Å². The number of anilines is 2. The van der Waals surface area contributed by atoms with Crippen molar-refractivity contribution in [3.8, 4) is 11.5 Å². The van der Waals surface area contributed by atoms with Gasteiger partial charge < -0.3 is 9.84 Å². The lowest BCUT2D eigenvalue weighted by Gasteiger charge is -2.17. The molecule has 1 aliphatic heterocycles. The van der Waals surface area contributed by atoms with Crippen LogP contribution >= 0.6 is 23.2 Å². The summed E-state index contributed by atoms with van der Waals surface area (Å²) in [6.07, 6.45) is -1.45. The summed E-state index contributed by atoms with van der Waals surface area (Å²) in [7, 11) is 0. The van der Waals surface area contributed by atoms with Gasteiger partial charge in [0.1, 0.15) is 11.6 Å². The molecule has 0 radical (unpaired) electrons. The number of halogens is 3. The van der Waals surface area contributed by atoms with Crippen molar-refractivity contribution in [3.63, 3.8) is 0 Å². The average molecular weight is 501 g/mol. The van der Waals surface area contributed by atoms with Crippen molar-refractivity contribution < 1.29 is 28.6 Å². The second-order valence-electron chi connectivity index (χ2n) is 7.13. The van der Waals surface area contributed by atoms with Crippen molar-refractivity contribution >= 4 is 63.5 Å². The van der Waals surface area contributed by atoms with Gasteiger partial charge in [-0.25, -0.2) is 14.1 Å². The van der Waals surface area contributed by atoms with Gasteiger partial charge in [-0.3, -0.25) is 20.0 Å². The Labute approximate surface area is 199 Å². The first-order valence-corrected chi connectivity index (χ1v) is 10.3. The van der Waals surface area contributed by atoms with Gasteiger partial charge in [-0.15, -0.1) is 0 Å². The van der Waals surface area contributed by atoms with Crippen molar-refractivity contribution in [1.29, 1.82) is 0 Å². The van der Waals surface area contributed by atoms with Crippen LogP contribution in [0.5, 0.6) is 11.5 Å². The summed E-state index contributed by atoms with van der Waals surface area (Å²) in [6, 6.07) is 10.8. The zero-order chi connectivity index (χ0) is 24.1. The first-order chi connectivity index (χ1) is 16.3. The molecule has 2 heterocycles. The van der Waals surface area contributed by atoms with Crippen LogP contribution in [0, 0.1) is 5.82 Å². The Kier molecular flexibility index (Phi) is 5.11. The summed E-state index contributed by atoms with van der Waals surface area (Å²) in [5.74, 6) is -2.47. The van der Waals surface area contributed by atoms with Gasteiger partial charge in [0.2, 0.25) is 0 Å². The van der Waals surface area contributed by atoms with Crippen molar-refractivity contribution in [2.24, 2.45) is 0 Å². The Morgan fingerprint density at radius 1 is 1.06 bits per heavy atom. The molecule has 1 aliphatic rings. The van der Waals surface area contributed by atoms with Crippen molar-refractivity contribution in [3.05, 3.63) is 75.5 Å². The molecule has 0 unspecified atom stereocenters. The maximum atomic E-state index is 13.9. The van der Waals surface area contributed by atoms with Crippen molar-refractivity contribution in [2.75, 3.05) is 10.2 Å². The van der Waals surface area contributed by atoms with Gasteiger partial charge in [0.25, 0.3) is 11.8 Å². The third-order valence-electron chi connectivity index (χ3n) is 5.08. The fraction of sp³-hybridized carbons (Fsp3) is 0. The summed E-state index contributed by atoms with van der Waals surface area (Å²) in [6.45, 7) is 0. The van der Waals surface area contributed by atoms with E-state index in [-0.39, 0.29) is 55.1 Å². The molecule has 9 nitrogen and oxygen atoms in total. The summed E-state index contributed by atoms with van der Waals surface area (Å²) >= 11 is 12.5. The lowest BCUT2D eigenvalue weighted by molar-refractivity contribution is 0.0925. The molecule has 170 valence electrons. The maximum Gasteiger partial charge on any atom is 0.409 e. The highest BCUT2D eigenvalue weighted by atomic mass is 35.5. The molecule has 5 rings (SSSR count). The van der Waals surface area contributed by atoms with Crippen molar-refractivity contribution in [1.82, 2.24) is 10.2 Å². The van der Waals surface area contributed by atoms with Crippen LogP contribution in [0.2, 0.25) is 10.0 Å². The second kappa shape index (κ2) is 8.01. The third-order valence-corrected chi connectivity index (χ3v) is 5.69. The number of benzene rings is 3. The monoisotopic (exact) mass is 500 g/mol. The highest BCUT2D eigenvalue weighted by molar-refractivity contribution is 6.39. The van der Waals surface area contributed by atoms with Gasteiger partial charge in [0, 0.05) is 6.07 Å². The van der Waals surface area contributed by atoms with Crippen LogP contribution < -0.4 is 15.0 Å². The lowest BCUT2D eigenvalue weighted by Crippen LogP contribution is -2.30. The number of nitrogens with zero attached hydrogens (tertiary/aromatic N) is 2. The van der Waals surface area contributed by atoms with Crippen LogP contribution in [-0.4, -0.2) is 33.2 Å². The standard InChI is InChI=1S/C22H11Cl2FN4O5/c23-12-6-5-9(25)7-15(12)34-18-14(26-22(32)33)8-13(24)17-16(18)19(28-27-17)29-20(30)10-3-1-2-4-11(10)21(29)31/h1-8,26H,(H,27,28)(H,32,33). The van der Waals surface area contributed by atoms with E-state index in [0.29, 0.717) is 0 Å². The summed E-state index contributed by atoms with van der Waals surface area (Å²) in [4.78, 5) is 38.4. The SMILES string of the molecule is O=C(O)Nc1cc(Cl)c2[nH]nc(N3C(=O)c4ccccc4C3=O)c2c1Oc1cc(F)ccc1Cl. The number of H-pyrrole nitrogens is 1. The number of imide groups is 1. The second-order valence-corrected chi connectivity index (χ2v) is 7.94. The molecule has 0 fully saturated rings. The smallest absolute Gasteiger partial charge is 0.409 e. The van der Waals surface area contributed by atoms with Crippen molar-refractivity contribution in [2.45, 2.75) is 0 Å². The first kappa shape index (κ1) is 21.7. The van der Waals surface area contributed by atoms with E-state index in [9.17, 15) is 23.9 Å². The topological polar surface area (TPSA) is 125 Å². The number of carbonyl (C=O) groups is 3. The first-order valence-electron chi connectivity index (χ1n) is 9.57. The molecule has 34 heavy (non-hydrogen) atoms. The maximum absolute atomic E-state index is 13.9. The lowest BCUT2D eigenvalue weighted by atomic mass is 10.1. The molecule has 3 aromatic carbocycles. The fourth-order valence-electron chi connectivity index (χ4n) is 3.64. The zero-order valence-corrected chi connectivity index (χ0v) is 18.2. The molecule has 4 aromatic rings. The Morgan fingerprint density at radius 3 is 2.38 bits per heavy atom. The number of rotatable bonds is 4. The molecule has 1 aromatic heterocycles. The average Bonchev–Trinajstić information content (AvgIpc) is 3.33. The normalized spacial score (nSPS) is 12.9. The quantitative estimate of drug-likeness (QED) is 0.309. The molecule has 0 saturated heterocycles. The number of nitrogens with one attached hydrogen (secondary N) is 2. The number of hydrogen-bond donors (Lipinski definition) is 3. The van der Waals surface area contributed by atoms with E-state index in [2.05, 4.69) is 15.5 Å². The largest absolute Gasteiger partial charge is 0.465 e. The fourth-order valence-corrected chi connectivity index (χ4v) is 4.04. The molecule has 0 saturated carbocycles. The molecule has 0 bridgehead atoms. The van der Waals surface area contributed by atoms with Crippen LogP contribution in [0.3, 0.4) is 0 Å². The Morgan fingerprint density at radius 2 is 1.74 bits per heavy atom. The van der Waals surface area contributed by atoms with Gasteiger partial charge in [0.15, 0.2) is 11.6 Å². The number of fused-ring (bicyclic) bond motifs is 2. The molecular formula is C22H11Cl2FN4O5. The predicted molar refractivity (Wildman–Crippen MR) is 122 cm³/mol. The van der Waals surface area contributed by atoms with E-state index in [1.54, 1.807) is 12.1 Å². The van der Waals surface area contributed by atoms with E-state index >= 15 is 0 Å². The Hall–Kier alpha value is -4.15. The molecule has 0 aliphatic carbocycles. The molecule has 3 N–H and O–H groups in total. The van der Waals surface area contributed by atoms with E-state index in [4.69, 9.17) is 27.9 Å². The highest BCUT2D eigenvalue weighted by Crippen LogP contribution is 2.46. The van der Waals surface area contributed by atoms with Crippen LogP contribution in [0.4, 0.5) is 20.7 Å². The van der Waals surface area contributed by atoms with Crippen LogP contribution in [-0.2, 0) is 0 Å². The minimum absolute atomic E-state index is 0.00563. The van der Waals surface area contributed by atoms with Gasteiger partial charge in [0.05, 0.1) is 37.8 Å². The van der Waals surface area contributed by atoms with Crippen LogP contribution in [0.1, 0.15) is 20.7 Å². The van der Waals surface area contributed by atoms with E-state index < -0.39 is 23.7 Å². The van der Waals surface area contributed by atoms with Gasteiger partial charge >= 0.3 is 6.09 Å². The minimum atomic E-state index is -1.45. The molecular weight excluding hydrogens is 490 g/mol. The number of hydrogen-bond acceptors (Lipinski definition) is 5. The summed E-state index contributed by atoms with van der Waals surface area (Å²) in [5.41, 5.74) is 0.340. The van der Waals surface area contributed by atoms with Gasteiger partial charge in [-0.2, -0.15) is 5.10 Å². The zero-order valence-electron chi connectivity index (χ0n) is 16.7. The number of ether oxygens (including phenoxy) is 1. The van der Waals surface area contributed by atoms with Gasteiger partial charge in [-0.05, 0) is 30.3 Å². The van der Waals surface area contributed by atoms with E-state index in [0.717, 1.165) is 17.0 Å². The molecule has 3 amide bonds. The third kappa shape index (κ3) is 3.40. The number of aromatic nitrogens is 2. The number of carbonyl (C=O) groups excluding carboxylic acids is 2. The molecule has 0 atom stereocenters. The van der Waals surface area contributed by atoms with E-state index in [1.807, 2.05) is 0 Å². The summed E-state index contributed by atoms with van der Waals surface area (Å²) in [5, 5.41) is 18.3. The summed E-state index contributed by atoms with van der Waals surface area (Å²) < 4.78 is 19.7. The predicted octanol–water partition coefficient (Wildman–Crippen LogP) is 5.69. The highest BCUT2D eigenvalue weighted by Gasteiger charge is 2.39.